The number of sulfone groups is 1. The van der Waals surface area contributed by atoms with Crippen LogP contribution >= 0.6 is 28.3 Å². The molecule has 126 valence electrons. The van der Waals surface area contributed by atoms with Crippen LogP contribution in [0.3, 0.4) is 0 Å². The zero-order valence-corrected chi connectivity index (χ0v) is 16.1. The SMILES string of the molecule is CNC1CCN(S(=O)(=O)c2ccc(S(C)(=O)=O)cc2Br)C1.Cl. The average Bonchev–Trinajstić information content (AvgIpc) is 2.86. The third-order valence-electron chi connectivity index (χ3n) is 3.51. The Morgan fingerprint density at radius 1 is 1.27 bits per heavy atom. The summed E-state index contributed by atoms with van der Waals surface area (Å²) in [6.45, 7) is 0.868. The van der Waals surface area contributed by atoms with Crippen molar-refractivity contribution in [3.63, 3.8) is 0 Å². The lowest BCUT2D eigenvalue weighted by Gasteiger charge is -2.17. The first-order valence-electron chi connectivity index (χ1n) is 6.33. The van der Waals surface area contributed by atoms with E-state index in [1.165, 1.54) is 22.5 Å². The molecule has 1 unspecified atom stereocenters. The minimum atomic E-state index is -3.62. The lowest BCUT2D eigenvalue weighted by Crippen LogP contribution is -2.33. The Kier molecular flexibility index (Phi) is 6.45. The Morgan fingerprint density at radius 2 is 1.91 bits per heavy atom. The van der Waals surface area contributed by atoms with Crippen molar-refractivity contribution in [3.8, 4) is 0 Å². The van der Waals surface area contributed by atoms with Crippen molar-refractivity contribution in [2.24, 2.45) is 0 Å². The molecule has 6 nitrogen and oxygen atoms in total. The van der Waals surface area contributed by atoms with E-state index in [0.29, 0.717) is 13.1 Å². The summed E-state index contributed by atoms with van der Waals surface area (Å²) < 4.78 is 49.9. The molecule has 1 aliphatic heterocycles. The molecule has 1 heterocycles. The van der Waals surface area contributed by atoms with Gasteiger partial charge in [0.05, 0.1) is 9.79 Å². The van der Waals surface area contributed by atoms with Crippen molar-refractivity contribution in [1.29, 1.82) is 0 Å². The number of hydrogen-bond acceptors (Lipinski definition) is 5. The van der Waals surface area contributed by atoms with E-state index in [-0.39, 0.29) is 32.7 Å². The van der Waals surface area contributed by atoms with E-state index in [2.05, 4.69) is 21.2 Å². The molecule has 0 aromatic heterocycles. The van der Waals surface area contributed by atoms with Crippen LogP contribution in [0.2, 0.25) is 0 Å². The van der Waals surface area contributed by atoms with Crippen molar-refractivity contribution >= 4 is 48.2 Å². The first-order valence-corrected chi connectivity index (χ1v) is 10.5. The smallest absolute Gasteiger partial charge is 0.244 e. The fraction of sp³-hybridized carbons (Fsp3) is 0.500. The molecule has 0 radical (unpaired) electrons. The molecule has 1 aromatic rings. The molecule has 0 aliphatic carbocycles. The van der Waals surface area contributed by atoms with Crippen molar-refractivity contribution in [2.45, 2.75) is 22.3 Å². The van der Waals surface area contributed by atoms with Crippen molar-refractivity contribution < 1.29 is 16.8 Å². The minimum absolute atomic E-state index is 0. The van der Waals surface area contributed by atoms with Gasteiger partial charge in [0.2, 0.25) is 10.0 Å². The van der Waals surface area contributed by atoms with Gasteiger partial charge in [-0.3, -0.25) is 0 Å². The molecule has 22 heavy (non-hydrogen) atoms. The predicted octanol–water partition coefficient (Wildman–Crippen LogP) is 1.26. The highest BCUT2D eigenvalue weighted by atomic mass is 79.9. The summed E-state index contributed by atoms with van der Waals surface area (Å²) in [5, 5.41) is 3.06. The predicted molar refractivity (Wildman–Crippen MR) is 90.7 cm³/mol. The summed E-state index contributed by atoms with van der Waals surface area (Å²) in [4.78, 5) is 0.175. The van der Waals surface area contributed by atoms with Gasteiger partial charge < -0.3 is 5.32 Å². The third-order valence-corrected chi connectivity index (χ3v) is 7.46. The fourth-order valence-corrected chi connectivity index (χ4v) is 5.58. The normalized spacial score (nSPS) is 19.9. The van der Waals surface area contributed by atoms with E-state index in [9.17, 15) is 16.8 Å². The highest BCUT2D eigenvalue weighted by Crippen LogP contribution is 2.29. The Balaban J connectivity index is 0.00000242. The maximum absolute atomic E-state index is 12.6. The van der Waals surface area contributed by atoms with Crippen LogP contribution in [0, 0.1) is 0 Å². The topological polar surface area (TPSA) is 83.6 Å². The number of nitrogens with one attached hydrogen (secondary N) is 1. The van der Waals surface area contributed by atoms with E-state index in [4.69, 9.17) is 0 Å². The highest BCUT2D eigenvalue weighted by molar-refractivity contribution is 9.10. The van der Waals surface area contributed by atoms with Crippen LogP contribution in [-0.2, 0) is 19.9 Å². The van der Waals surface area contributed by atoms with Crippen LogP contribution in [-0.4, -0.2) is 53.6 Å². The van der Waals surface area contributed by atoms with Gasteiger partial charge in [-0.25, -0.2) is 16.8 Å². The molecule has 0 amide bonds. The lowest BCUT2D eigenvalue weighted by atomic mass is 10.3. The van der Waals surface area contributed by atoms with Gasteiger partial charge in [0.25, 0.3) is 0 Å². The second kappa shape index (κ2) is 7.14. The lowest BCUT2D eigenvalue weighted by molar-refractivity contribution is 0.464. The standard InChI is InChI=1S/C12H17BrN2O4S2.ClH/c1-14-9-5-6-15(8-9)21(18,19)12-4-3-10(7-11(12)13)20(2,16)17;/h3-4,7,9,14H,5-6,8H2,1-2H3;1H. The molecule has 1 N–H and O–H groups in total. The molecule has 1 aliphatic rings. The summed E-state index contributed by atoms with van der Waals surface area (Å²) >= 11 is 3.17. The van der Waals surface area contributed by atoms with Crippen molar-refractivity contribution in [1.82, 2.24) is 9.62 Å². The van der Waals surface area contributed by atoms with Crippen LogP contribution in [0.1, 0.15) is 6.42 Å². The van der Waals surface area contributed by atoms with Crippen molar-refractivity contribution in [3.05, 3.63) is 22.7 Å². The maximum atomic E-state index is 12.6. The van der Waals surface area contributed by atoms with E-state index in [1.807, 2.05) is 0 Å². The van der Waals surface area contributed by atoms with Crippen molar-refractivity contribution in [2.75, 3.05) is 26.4 Å². The van der Waals surface area contributed by atoms with Gasteiger partial charge in [0, 0.05) is 29.9 Å². The van der Waals surface area contributed by atoms with Crippen LogP contribution in [0.25, 0.3) is 0 Å². The molecular formula is C12H18BrClN2O4S2. The first-order chi connectivity index (χ1) is 9.66. The quantitative estimate of drug-likeness (QED) is 0.773. The summed E-state index contributed by atoms with van der Waals surface area (Å²) in [7, 11) is -5.19. The van der Waals surface area contributed by atoms with Gasteiger partial charge in [-0.2, -0.15) is 4.31 Å². The summed E-state index contributed by atoms with van der Waals surface area (Å²) in [6.07, 6.45) is 1.84. The molecule has 0 saturated carbocycles. The average molecular weight is 434 g/mol. The highest BCUT2D eigenvalue weighted by Gasteiger charge is 2.33. The second-order valence-electron chi connectivity index (χ2n) is 5.00. The molecule has 1 fully saturated rings. The van der Waals surface area contributed by atoms with Gasteiger partial charge in [0.1, 0.15) is 0 Å². The van der Waals surface area contributed by atoms with Gasteiger partial charge >= 0.3 is 0 Å². The summed E-state index contributed by atoms with van der Waals surface area (Å²) in [5.41, 5.74) is 0. The molecule has 1 saturated heterocycles. The van der Waals surface area contributed by atoms with E-state index in [1.54, 1.807) is 7.05 Å². The summed E-state index contributed by atoms with van der Waals surface area (Å²) in [5.74, 6) is 0. The number of likely N-dealkylation sites (N-methyl/N-ethyl adjacent to an activating group) is 1. The molecule has 2 rings (SSSR count). The second-order valence-corrected chi connectivity index (χ2v) is 9.78. The number of halogens is 2. The van der Waals surface area contributed by atoms with Gasteiger partial charge in [-0.1, -0.05) is 0 Å². The van der Waals surface area contributed by atoms with Gasteiger partial charge in [-0.15, -0.1) is 12.4 Å². The number of sulfonamides is 1. The molecular weight excluding hydrogens is 416 g/mol. The molecule has 1 atom stereocenters. The monoisotopic (exact) mass is 432 g/mol. The third kappa shape index (κ3) is 4.01. The largest absolute Gasteiger partial charge is 0.316 e. The Labute approximate surface area is 145 Å². The van der Waals surface area contributed by atoms with Crippen LogP contribution in [0.5, 0.6) is 0 Å². The Morgan fingerprint density at radius 3 is 2.36 bits per heavy atom. The van der Waals surface area contributed by atoms with Crippen LogP contribution in [0.4, 0.5) is 0 Å². The van der Waals surface area contributed by atoms with E-state index >= 15 is 0 Å². The van der Waals surface area contributed by atoms with E-state index < -0.39 is 19.9 Å². The number of benzene rings is 1. The first kappa shape index (κ1) is 19.9. The number of rotatable bonds is 4. The maximum Gasteiger partial charge on any atom is 0.244 e. The molecule has 0 bridgehead atoms. The zero-order chi connectivity index (χ0) is 15.8. The fourth-order valence-electron chi connectivity index (χ4n) is 2.24. The van der Waals surface area contributed by atoms with Gasteiger partial charge in [0.15, 0.2) is 9.84 Å². The van der Waals surface area contributed by atoms with E-state index in [0.717, 1.165) is 12.7 Å². The molecule has 10 heteroatoms. The molecule has 1 aromatic carbocycles. The van der Waals surface area contributed by atoms with Crippen LogP contribution in [0.15, 0.2) is 32.5 Å². The van der Waals surface area contributed by atoms with Gasteiger partial charge in [-0.05, 0) is 47.6 Å². The minimum Gasteiger partial charge on any atom is -0.316 e. The Bertz CT molecular complexity index is 752. The molecule has 0 spiro atoms. The Hall–Kier alpha value is -0.190. The zero-order valence-electron chi connectivity index (χ0n) is 12.1. The summed E-state index contributed by atoms with van der Waals surface area (Å²) in [6, 6.07) is 4.13. The van der Waals surface area contributed by atoms with Crippen LogP contribution < -0.4 is 5.32 Å². The number of hydrogen-bond donors (Lipinski definition) is 1. The number of nitrogens with zero attached hydrogens (tertiary/aromatic N) is 1.